The van der Waals surface area contributed by atoms with Gasteiger partial charge in [0.25, 0.3) is 0 Å². The highest BCUT2D eigenvalue weighted by Gasteiger charge is 2.56. The van der Waals surface area contributed by atoms with E-state index in [1.165, 1.54) is 12.8 Å². The quantitative estimate of drug-likeness (QED) is 0.490. The molecule has 0 N–H and O–H groups in total. The third kappa shape index (κ3) is 0.378. The smallest absolute Gasteiger partial charge is 0.00591 e. The minimum Gasteiger partial charge on any atom is -0.0582 e. The molecule has 4 aliphatic carbocycles. The third-order valence-corrected chi connectivity index (χ3v) is 4.46. The molecule has 0 heterocycles. The molecule has 0 aliphatic heterocycles. The van der Waals surface area contributed by atoms with E-state index in [4.69, 9.17) is 0 Å². The van der Waals surface area contributed by atoms with Crippen LogP contribution in [0.3, 0.4) is 0 Å². The first-order valence-electron chi connectivity index (χ1n) is 4.87. The zero-order chi connectivity index (χ0) is 7.00. The molecule has 0 nitrogen and oxygen atoms in total. The molecule has 0 aromatic carbocycles. The van der Waals surface area contributed by atoms with Gasteiger partial charge in [-0.2, -0.15) is 0 Å². The first-order chi connectivity index (χ1) is 5.45. The van der Waals surface area contributed by atoms with Crippen molar-refractivity contribution in [1.29, 1.82) is 0 Å². The summed E-state index contributed by atoms with van der Waals surface area (Å²) < 4.78 is 0. The van der Waals surface area contributed by atoms with Gasteiger partial charge in [0.1, 0.15) is 0 Å². The third-order valence-electron chi connectivity index (χ3n) is 4.46. The second kappa shape index (κ2) is 1.35. The van der Waals surface area contributed by atoms with Crippen LogP contribution in [0.1, 0.15) is 19.3 Å². The molecule has 0 spiro atoms. The molecule has 4 rings (SSSR count). The number of allylic oxidation sites excluding steroid dienone is 4. The molecule has 0 saturated heterocycles. The number of rotatable bonds is 0. The summed E-state index contributed by atoms with van der Waals surface area (Å²) in [6.07, 6.45) is 9.33. The summed E-state index contributed by atoms with van der Waals surface area (Å²) in [5.41, 5.74) is 3.49. The van der Waals surface area contributed by atoms with Crippen molar-refractivity contribution in [2.24, 2.45) is 23.7 Å². The summed E-state index contributed by atoms with van der Waals surface area (Å²) in [6, 6.07) is 0. The van der Waals surface area contributed by atoms with Gasteiger partial charge < -0.3 is 0 Å². The number of fused-ring (bicyclic) bond motifs is 5. The summed E-state index contributed by atoms with van der Waals surface area (Å²) in [4.78, 5) is 0. The van der Waals surface area contributed by atoms with E-state index in [0.29, 0.717) is 0 Å². The van der Waals surface area contributed by atoms with Gasteiger partial charge in [0.15, 0.2) is 0 Å². The lowest BCUT2D eigenvalue weighted by atomic mass is 9.60. The van der Waals surface area contributed by atoms with Gasteiger partial charge in [-0.1, -0.05) is 12.2 Å². The van der Waals surface area contributed by atoms with E-state index in [0.717, 1.165) is 23.7 Å². The fourth-order valence-electron chi connectivity index (χ4n) is 3.72. The molecule has 0 radical (unpaired) electrons. The fourth-order valence-corrected chi connectivity index (χ4v) is 3.72. The minimum absolute atomic E-state index is 1.03. The normalized spacial score (nSPS) is 55.3. The lowest BCUT2D eigenvalue weighted by molar-refractivity contribution is 0.180. The van der Waals surface area contributed by atoms with Crippen molar-refractivity contribution in [2.45, 2.75) is 19.3 Å². The largest absolute Gasteiger partial charge is 0.0582 e. The maximum absolute atomic E-state index is 2.36. The Morgan fingerprint density at radius 2 is 2.00 bits per heavy atom. The highest BCUT2D eigenvalue weighted by molar-refractivity contribution is 5.57. The summed E-state index contributed by atoms with van der Waals surface area (Å²) in [6.45, 7) is 0. The van der Waals surface area contributed by atoms with E-state index in [-0.39, 0.29) is 0 Å². The monoisotopic (exact) mass is 144 g/mol. The first-order valence-corrected chi connectivity index (χ1v) is 4.87. The molecule has 2 saturated carbocycles. The van der Waals surface area contributed by atoms with Gasteiger partial charge >= 0.3 is 0 Å². The van der Waals surface area contributed by atoms with E-state index in [1.54, 1.807) is 17.6 Å². The number of hydrogen-bond donors (Lipinski definition) is 0. The molecular formula is C11H12. The van der Waals surface area contributed by atoms with Crippen molar-refractivity contribution in [3.05, 3.63) is 23.3 Å². The van der Waals surface area contributed by atoms with Gasteiger partial charge in [-0.3, -0.25) is 0 Å². The summed E-state index contributed by atoms with van der Waals surface area (Å²) in [7, 11) is 0. The van der Waals surface area contributed by atoms with Crippen LogP contribution in [0, 0.1) is 23.7 Å². The van der Waals surface area contributed by atoms with Crippen LogP contribution in [0.15, 0.2) is 23.3 Å². The van der Waals surface area contributed by atoms with Crippen LogP contribution < -0.4 is 0 Å². The Balaban J connectivity index is 1.79. The van der Waals surface area contributed by atoms with Crippen LogP contribution in [0.4, 0.5) is 0 Å². The maximum atomic E-state index is 2.36. The SMILES string of the molecule is C1=CC2=C1C1CC3CCC3C21. The molecule has 2 fully saturated rings. The average molecular weight is 144 g/mol. The van der Waals surface area contributed by atoms with Gasteiger partial charge in [0, 0.05) is 0 Å². The second-order valence-electron chi connectivity index (χ2n) is 4.61. The molecule has 0 aromatic rings. The number of hydrogen-bond acceptors (Lipinski definition) is 0. The molecule has 11 heavy (non-hydrogen) atoms. The Morgan fingerprint density at radius 3 is 2.64 bits per heavy atom. The topological polar surface area (TPSA) is 0 Å². The van der Waals surface area contributed by atoms with Gasteiger partial charge in [-0.25, -0.2) is 0 Å². The van der Waals surface area contributed by atoms with E-state index < -0.39 is 0 Å². The van der Waals surface area contributed by atoms with Crippen molar-refractivity contribution in [1.82, 2.24) is 0 Å². The Bertz CT molecular complexity index is 295. The summed E-state index contributed by atoms with van der Waals surface area (Å²) in [5.74, 6) is 4.35. The molecule has 0 aromatic heterocycles. The Morgan fingerprint density at radius 1 is 1.09 bits per heavy atom. The van der Waals surface area contributed by atoms with Crippen molar-refractivity contribution >= 4 is 0 Å². The molecule has 0 bridgehead atoms. The lowest BCUT2D eigenvalue weighted by Crippen LogP contribution is -2.35. The van der Waals surface area contributed by atoms with Crippen LogP contribution in [0.2, 0.25) is 0 Å². The Labute approximate surface area is 67.0 Å². The molecule has 4 unspecified atom stereocenters. The summed E-state index contributed by atoms with van der Waals surface area (Å²) in [5, 5.41) is 0. The van der Waals surface area contributed by atoms with Gasteiger partial charge in [-0.05, 0) is 54.1 Å². The van der Waals surface area contributed by atoms with Gasteiger partial charge in [0.05, 0.1) is 0 Å². The van der Waals surface area contributed by atoms with Crippen LogP contribution >= 0.6 is 0 Å². The predicted octanol–water partition coefficient (Wildman–Crippen LogP) is 2.53. The van der Waals surface area contributed by atoms with Crippen LogP contribution in [-0.2, 0) is 0 Å². The summed E-state index contributed by atoms with van der Waals surface area (Å²) >= 11 is 0. The van der Waals surface area contributed by atoms with Crippen LogP contribution in [0.25, 0.3) is 0 Å². The first kappa shape index (κ1) is 5.18. The van der Waals surface area contributed by atoms with E-state index in [1.807, 2.05) is 0 Å². The van der Waals surface area contributed by atoms with Crippen LogP contribution in [-0.4, -0.2) is 0 Å². The van der Waals surface area contributed by atoms with Crippen molar-refractivity contribution < 1.29 is 0 Å². The molecule has 0 heteroatoms. The molecule has 4 aliphatic rings. The lowest BCUT2D eigenvalue weighted by Gasteiger charge is -2.44. The standard InChI is InChI=1S/C11H12/c1-2-7-6(1)5-10-8-3-4-9(8)11(7)10/h3-4,6-7,10-11H,1-2,5H2. The highest BCUT2D eigenvalue weighted by Crippen LogP contribution is 2.65. The van der Waals surface area contributed by atoms with E-state index >= 15 is 0 Å². The van der Waals surface area contributed by atoms with Crippen molar-refractivity contribution in [3.63, 3.8) is 0 Å². The second-order valence-corrected chi connectivity index (χ2v) is 4.61. The van der Waals surface area contributed by atoms with Gasteiger partial charge in [-0.15, -0.1) is 0 Å². The molecule has 0 amide bonds. The Kier molecular flexibility index (Phi) is 0.636. The molecule has 4 atom stereocenters. The maximum Gasteiger partial charge on any atom is -0.00591 e. The predicted molar refractivity (Wildman–Crippen MR) is 44.0 cm³/mol. The van der Waals surface area contributed by atoms with Crippen molar-refractivity contribution in [2.75, 3.05) is 0 Å². The zero-order valence-electron chi connectivity index (χ0n) is 6.59. The van der Waals surface area contributed by atoms with Crippen LogP contribution in [0.5, 0.6) is 0 Å². The molecular weight excluding hydrogens is 132 g/mol. The highest BCUT2D eigenvalue weighted by atomic mass is 14.6. The van der Waals surface area contributed by atoms with Gasteiger partial charge in [0.2, 0.25) is 0 Å². The molecule has 56 valence electrons. The average Bonchev–Trinajstić information content (AvgIpc) is 2.08. The zero-order valence-corrected chi connectivity index (χ0v) is 6.59. The van der Waals surface area contributed by atoms with Crippen molar-refractivity contribution in [3.8, 4) is 0 Å². The minimum atomic E-state index is 1.03. The van der Waals surface area contributed by atoms with E-state index in [9.17, 15) is 0 Å². The van der Waals surface area contributed by atoms with E-state index in [2.05, 4.69) is 12.2 Å². The Hall–Kier alpha value is -0.520. The fraction of sp³-hybridized carbons (Fsp3) is 0.636.